The highest BCUT2D eigenvalue weighted by molar-refractivity contribution is 9.10. The fourth-order valence-corrected chi connectivity index (χ4v) is 2.41. The predicted octanol–water partition coefficient (Wildman–Crippen LogP) is 5.16. The van der Waals surface area contributed by atoms with E-state index in [0.29, 0.717) is 0 Å². The van der Waals surface area contributed by atoms with Crippen LogP contribution >= 0.6 is 15.9 Å². The van der Waals surface area contributed by atoms with Crippen molar-refractivity contribution in [2.75, 3.05) is 12.4 Å². The molecule has 0 bridgehead atoms. The van der Waals surface area contributed by atoms with Crippen LogP contribution in [0.4, 0.5) is 10.1 Å². The average Bonchev–Trinajstić information content (AvgIpc) is 2.47. The molecule has 2 aromatic carbocycles. The molecule has 2 aromatic rings. The molecule has 4 heteroatoms. The topological polar surface area (TPSA) is 21.3 Å². The van der Waals surface area contributed by atoms with Gasteiger partial charge in [0.25, 0.3) is 0 Å². The fraction of sp³-hybridized carbons (Fsp3) is 0.250. The van der Waals surface area contributed by atoms with Crippen molar-refractivity contribution in [2.24, 2.45) is 0 Å². The molecule has 1 N–H and O–H groups in total. The molecule has 0 spiro atoms. The minimum Gasteiger partial charge on any atom is -0.497 e. The van der Waals surface area contributed by atoms with Crippen molar-refractivity contribution in [1.82, 2.24) is 0 Å². The standard InChI is InChI=1S/C16H17BrFNO/c1-3-15(11-4-6-12(18)7-5-11)19-16-10-13(20-2)8-9-14(16)17/h4-10,15,19H,3H2,1-2H3. The molecule has 0 heterocycles. The lowest BCUT2D eigenvalue weighted by molar-refractivity contribution is 0.415. The van der Waals surface area contributed by atoms with Crippen LogP contribution in [0, 0.1) is 5.82 Å². The molecule has 1 unspecified atom stereocenters. The highest BCUT2D eigenvalue weighted by atomic mass is 79.9. The van der Waals surface area contributed by atoms with Crippen molar-refractivity contribution in [1.29, 1.82) is 0 Å². The Morgan fingerprint density at radius 1 is 1.20 bits per heavy atom. The molecule has 1 atom stereocenters. The summed E-state index contributed by atoms with van der Waals surface area (Å²) in [5.41, 5.74) is 2.02. The summed E-state index contributed by atoms with van der Waals surface area (Å²) >= 11 is 3.52. The molecule has 106 valence electrons. The van der Waals surface area contributed by atoms with Gasteiger partial charge in [-0.05, 0) is 52.2 Å². The van der Waals surface area contributed by atoms with Crippen LogP contribution < -0.4 is 10.1 Å². The van der Waals surface area contributed by atoms with Crippen LogP contribution in [0.5, 0.6) is 5.75 Å². The monoisotopic (exact) mass is 337 g/mol. The second kappa shape index (κ2) is 6.75. The predicted molar refractivity (Wildman–Crippen MR) is 83.7 cm³/mol. The third kappa shape index (κ3) is 3.51. The van der Waals surface area contributed by atoms with Crippen molar-refractivity contribution in [3.63, 3.8) is 0 Å². The lowest BCUT2D eigenvalue weighted by atomic mass is 10.0. The molecule has 0 saturated heterocycles. The van der Waals surface area contributed by atoms with Crippen LogP contribution in [0.3, 0.4) is 0 Å². The highest BCUT2D eigenvalue weighted by Crippen LogP contribution is 2.31. The first-order chi connectivity index (χ1) is 9.63. The molecule has 0 radical (unpaired) electrons. The summed E-state index contributed by atoms with van der Waals surface area (Å²) in [4.78, 5) is 0. The molecule has 0 amide bonds. The Kier molecular flexibility index (Phi) is 5.01. The molecular weight excluding hydrogens is 321 g/mol. The third-order valence-electron chi connectivity index (χ3n) is 3.18. The van der Waals surface area contributed by atoms with Crippen LogP contribution in [-0.2, 0) is 0 Å². The van der Waals surface area contributed by atoms with E-state index in [0.717, 1.165) is 27.9 Å². The van der Waals surface area contributed by atoms with Gasteiger partial charge in [0.15, 0.2) is 0 Å². The SMILES string of the molecule is CCC(Nc1cc(OC)ccc1Br)c1ccc(F)cc1. The summed E-state index contributed by atoms with van der Waals surface area (Å²) < 4.78 is 19.2. The number of nitrogens with one attached hydrogen (secondary N) is 1. The summed E-state index contributed by atoms with van der Waals surface area (Å²) in [6.07, 6.45) is 0.898. The van der Waals surface area contributed by atoms with Crippen molar-refractivity contribution in [3.8, 4) is 5.75 Å². The van der Waals surface area contributed by atoms with E-state index in [-0.39, 0.29) is 11.9 Å². The van der Waals surface area contributed by atoms with Gasteiger partial charge in [-0.2, -0.15) is 0 Å². The van der Waals surface area contributed by atoms with E-state index in [1.807, 2.05) is 30.3 Å². The second-order valence-corrected chi connectivity index (χ2v) is 5.36. The molecule has 2 nitrogen and oxygen atoms in total. The average molecular weight is 338 g/mol. The number of anilines is 1. The Bertz CT molecular complexity index is 571. The summed E-state index contributed by atoms with van der Waals surface area (Å²) in [6.45, 7) is 2.09. The highest BCUT2D eigenvalue weighted by Gasteiger charge is 2.11. The van der Waals surface area contributed by atoms with Gasteiger partial charge in [0.1, 0.15) is 11.6 Å². The minimum atomic E-state index is -0.217. The van der Waals surface area contributed by atoms with E-state index < -0.39 is 0 Å². The maximum Gasteiger partial charge on any atom is 0.123 e. The number of hydrogen-bond acceptors (Lipinski definition) is 2. The third-order valence-corrected chi connectivity index (χ3v) is 3.88. The molecule has 0 saturated carbocycles. The molecule has 0 aliphatic heterocycles. The minimum absolute atomic E-state index is 0.124. The first-order valence-electron chi connectivity index (χ1n) is 6.49. The zero-order valence-corrected chi connectivity index (χ0v) is 13.1. The van der Waals surface area contributed by atoms with Gasteiger partial charge in [-0.1, -0.05) is 19.1 Å². The summed E-state index contributed by atoms with van der Waals surface area (Å²) in [5, 5.41) is 3.46. The van der Waals surface area contributed by atoms with Gasteiger partial charge < -0.3 is 10.1 Å². The van der Waals surface area contributed by atoms with Crippen molar-refractivity contribution in [3.05, 3.63) is 58.3 Å². The van der Waals surface area contributed by atoms with Gasteiger partial charge in [0.2, 0.25) is 0 Å². The van der Waals surface area contributed by atoms with E-state index in [9.17, 15) is 4.39 Å². The fourth-order valence-electron chi connectivity index (χ4n) is 2.05. The molecule has 0 fully saturated rings. The van der Waals surface area contributed by atoms with Crippen LogP contribution in [0.1, 0.15) is 24.9 Å². The molecule has 0 aromatic heterocycles. The first-order valence-corrected chi connectivity index (χ1v) is 7.29. The van der Waals surface area contributed by atoms with Gasteiger partial charge in [0.05, 0.1) is 18.8 Å². The van der Waals surface area contributed by atoms with Crippen LogP contribution in [0.15, 0.2) is 46.9 Å². The Labute approximate surface area is 127 Å². The smallest absolute Gasteiger partial charge is 0.123 e. The van der Waals surface area contributed by atoms with E-state index in [1.54, 1.807) is 7.11 Å². The second-order valence-electron chi connectivity index (χ2n) is 4.50. The van der Waals surface area contributed by atoms with E-state index >= 15 is 0 Å². The van der Waals surface area contributed by atoms with Crippen molar-refractivity contribution >= 4 is 21.6 Å². The zero-order chi connectivity index (χ0) is 14.5. The van der Waals surface area contributed by atoms with Crippen LogP contribution in [-0.4, -0.2) is 7.11 Å². The quantitative estimate of drug-likeness (QED) is 0.813. The summed E-state index contributed by atoms with van der Waals surface area (Å²) in [6, 6.07) is 12.5. The number of hydrogen-bond donors (Lipinski definition) is 1. The Morgan fingerprint density at radius 2 is 1.90 bits per heavy atom. The Hall–Kier alpha value is -1.55. The normalized spacial score (nSPS) is 12.0. The first kappa shape index (κ1) is 14.9. The molecule has 20 heavy (non-hydrogen) atoms. The Balaban J connectivity index is 2.23. The van der Waals surface area contributed by atoms with Gasteiger partial charge in [-0.25, -0.2) is 4.39 Å². The number of halogens is 2. The Morgan fingerprint density at radius 3 is 2.50 bits per heavy atom. The molecule has 0 aliphatic carbocycles. The summed E-state index contributed by atoms with van der Waals surface area (Å²) in [7, 11) is 1.64. The zero-order valence-electron chi connectivity index (χ0n) is 11.5. The molecule has 0 aliphatic rings. The molecule has 2 rings (SSSR count). The number of methoxy groups -OCH3 is 1. The van der Waals surface area contributed by atoms with Crippen LogP contribution in [0.25, 0.3) is 0 Å². The number of ether oxygens (including phenoxy) is 1. The molecular formula is C16H17BrFNO. The van der Waals surface area contributed by atoms with Gasteiger partial charge in [0, 0.05) is 10.5 Å². The largest absolute Gasteiger partial charge is 0.497 e. The van der Waals surface area contributed by atoms with Crippen molar-refractivity contribution < 1.29 is 9.13 Å². The maximum absolute atomic E-state index is 13.0. The van der Waals surface area contributed by atoms with E-state index in [2.05, 4.69) is 28.2 Å². The van der Waals surface area contributed by atoms with Gasteiger partial charge in [-0.3, -0.25) is 0 Å². The van der Waals surface area contributed by atoms with Gasteiger partial charge in [-0.15, -0.1) is 0 Å². The lowest BCUT2D eigenvalue weighted by Crippen LogP contribution is -2.10. The summed E-state index contributed by atoms with van der Waals surface area (Å²) in [5.74, 6) is 0.579. The number of benzene rings is 2. The maximum atomic E-state index is 13.0. The lowest BCUT2D eigenvalue weighted by Gasteiger charge is -2.20. The van der Waals surface area contributed by atoms with Gasteiger partial charge >= 0.3 is 0 Å². The van der Waals surface area contributed by atoms with Crippen LogP contribution in [0.2, 0.25) is 0 Å². The van der Waals surface area contributed by atoms with E-state index in [1.165, 1.54) is 12.1 Å². The van der Waals surface area contributed by atoms with Crippen molar-refractivity contribution in [2.45, 2.75) is 19.4 Å². The van der Waals surface area contributed by atoms with E-state index in [4.69, 9.17) is 4.74 Å². The number of rotatable bonds is 5.